The van der Waals surface area contributed by atoms with Crippen LogP contribution in [0.2, 0.25) is 0 Å². The van der Waals surface area contributed by atoms with Crippen LogP contribution in [0.15, 0.2) is 0 Å². The van der Waals surface area contributed by atoms with Crippen molar-refractivity contribution in [2.75, 3.05) is 0 Å². The van der Waals surface area contributed by atoms with Crippen molar-refractivity contribution in [1.82, 2.24) is 4.90 Å². The molecule has 4 nitrogen and oxygen atoms in total. The molecule has 0 aromatic carbocycles. The van der Waals surface area contributed by atoms with Crippen LogP contribution in [0, 0.1) is 11.8 Å². The minimum Gasteiger partial charge on any atom is -0.444 e. The van der Waals surface area contributed by atoms with E-state index in [0.29, 0.717) is 11.8 Å². The van der Waals surface area contributed by atoms with Crippen molar-refractivity contribution < 1.29 is 14.3 Å². The number of piperidine rings is 2. The van der Waals surface area contributed by atoms with Crippen molar-refractivity contribution in [3.05, 3.63) is 0 Å². The van der Waals surface area contributed by atoms with Crippen LogP contribution < -0.4 is 0 Å². The van der Waals surface area contributed by atoms with Gasteiger partial charge in [0.15, 0.2) is 0 Å². The number of hydrogen-bond donors (Lipinski definition) is 0. The summed E-state index contributed by atoms with van der Waals surface area (Å²) < 4.78 is 5.52. The predicted octanol–water partition coefficient (Wildman–Crippen LogP) is 2.75. The molecule has 4 heteroatoms. The van der Waals surface area contributed by atoms with Gasteiger partial charge in [0.25, 0.3) is 0 Å². The molecule has 106 valence electrons. The summed E-state index contributed by atoms with van der Waals surface area (Å²) in [6.07, 6.45) is 5.72. The quantitative estimate of drug-likeness (QED) is 0.685. The fourth-order valence-electron chi connectivity index (χ4n) is 4.51. The fraction of sp³-hybridized carbons (Fsp3) is 0.867. The molecule has 2 aliphatic carbocycles. The van der Waals surface area contributed by atoms with Gasteiger partial charge in [-0.15, -0.1) is 0 Å². The van der Waals surface area contributed by atoms with Gasteiger partial charge < -0.3 is 9.53 Å². The number of amides is 1. The number of rotatable bonds is 1. The van der Waals surface area contributed by atoms with Crippen molar-refractivity contribution >= 4 is 12.4 Å². The van der Waals surface area contributed by atoms with E-state index in [1.165, 1.54) is 6.42 Å². The Hall–Kier alpha value is -1.06. The molecule has 2 saturated carbocycles. The second kappa shape index (κ2) is 3.97. The Balaban J connectivity index is 1.87. The minimum atomic E-state index is -0.572. The Morgan fingerprint density at radius 2 is 1.79 bits per heavy atom. The highest BCUT2D eigenvalue weighted by Crippen LogP contribution is 2.54. The summed E-state index contributed by atoms with van der Waals surface area (Å²) in [4.78, 5) is 25.9. The first-order valence-electron chi connectivity index (χ1n) is 7.32. The van der Waals surface area contributed by atoms with E-state index in [1.54, 1.807) is 4.90 Å². The molecule has 4 fully saturated rings. The second-order valence-electron chi connectivity index (χ2n) is 7.57. The zero-order chi connectivity index (χ0) is 13.8. The van der Waals surface area contributed by atoms with E-state index < -0.39 is 11.1 Å². The first kappa shape index (κ1) is 12.9. The van der Waals surface area contributed by atoms with Gasteiger partial charge in [0, 0.05) is 6.04 Å². The van der Waals surface area contributed by atoms with Crippen LogP contribution >= 0.6 is 0 Å². The van der Waals surface area contributed by atoms with E-state index in [4.69, 9.17) is 4.74 Å². The van der Waals surface area contributed by atoms with Crippen LogP contribution in [0.4, 0.5) is 4.79 Å². The Kier molecular flexibility index (Phi) is 2.70. The highest BCUT2D eigenvalue weighted by atomic mass is 16.6. The van der Waals surface area contributed by atoms with E-state index >= 15 is 0 Å². The molecular weight excluding hydrogens is 242 g/mol. The molecule has 2 atom stereocenters. The third-order valence-corrected chi connectivity index (χ3v) is 4.82. The van der Waals surface area contributed by atoms with E-state index in [-0.39, 0.29) is 12.1 Å². The predicted molar refractivity (Wildman–Crippen MR) is 70.7 cm³/mol. The number of carbonyl (C=O) groups is 2. The van der Waals surface area contributed by atoms with Gasteiger partial charge in [-0.1, -0.05) is 0 Å². The molecule has 2 saturated heterocycles. The molecule has 4 aliphatic rings. The maximum atomic E-state index is 12.5. The second-order valence-corrected chi connectivity index (χ2v) is 7.57. The normalized spacial score (nSPS) is 40.4. The first-order valence-corrected chi connectivity index (χ1v) is 7.32. The molecule has 0 aromatic rings. The number of aldehydes is 1. The van der Waals surface area contributed by atoms with E-state index in [9.17, 15) is 9.59 Å². The molecule has 0 aromatic heterocycles. The molecule has 1 amide bonds. The lowest BCUT2D eigenvalue weighted by Gasteiger charge is -2.60. The molecule has 2 heterocycles. The largest absolute Gasteiger partial charge is 0.444 e. The van der Waals surface area contributed by atoms with E-state index in [1.807, 2.05) is 20.8 Å². The third kappa shape index (κ3) is 2.05. The number of nitrogens with zero attached hydrogens (tertiary/aromatic N) is 1. The van der Waals surface area contributed by atoms with Gasteiger partial charge in [-0.05, 0) is 64.7 Å². The summed E-state index contributed by atoms with van der Waals surface area (Å²) in [6.45, 7) is 5.61. The van der Waals surface area contributed by atoms with Gasteiger partial charge in [-0.25, -0.2) is 4.79 Å². The number of carbonyl (C=O) groups excluding carboxylic acids is 2. The molecule has 4 bridgehead atoms. The van der Waals surface area contributed by atoms with Gasteiger partial charge in [0.2, 0.25) is 0 Å². The summed E-state index contributed by atoms with van der Waals surface area (Å²) >= 11 is 0. The van der Waals surface area contributed by atoms with Crippen molar-refractivity contribution in [2.45, 2.75) is 70.1 Å². The average molecular weight is 265 g/mol. The van der Waals surface area contributed by atoms with Gasteiger partial charge in [0.1, 0.15) is 17.4 Å². The zero-order valence-corrected chi connectivity index (χ0v) is 12.0. The third-order valence-electron chi connectivity index (χ3n) is 4.82. The number of ether oxygens (including phenoxy) is 1. The standard InChI is InChI=1S/C15H23NO3/c1-14(2,3)19-13(18)16-12-5-10-4-11(6-12)8-15(16,7-10)9-17/h9-12H,4-8H2,1-3H3. The topological polar surface area (TPSA) is 46.6 Å². The summed E-state index contributed by atoms with van der Waals surface area (Å²) in [7, 11) is 0. The Morgan fingerprint density at radius 3 is 2.26 bits per heavy atom. The molecule has 2 unspecified atom stereocenters. The Bertz CT molecular complexity index is 398. The first-order chi connectivity index (χ1) is 8.83. The van der Waals surface area contributed by atoms with Crippen LogP contribution in [-0.4, -0.2) is 34.5 Å². The lowest BCUT2D eigenvalue weighted by molar-refractivity contribution is -0.144. The summed E-state index contributed by atoms with van der Waals surface area (Å²) in [5.41, 5.74) is -1.08. The van der Waals surface area contributed by atoms with E-state index in [0.717, 1.165) is 32.0 Å². The van der Waals surface area contributed by atoms with Crippen LogP contribution in [0.3, 0.4) is 0 Å². The van der Waals surface area contributed by atoms with E-state index in [2.05, 4.69) is 0 Å². The highest BCUT2D eigenvalue weighted by molar-refractivity contribution is 5.78. The summed E-state index contributed by atoms with van der Waals surface area (Å²) in [6, 6.07) is 0.214. The van der Waals surface area contributed by atoms with Crippen molar-refractivity contribution in [3.8, 4) is 0 Å². The van der Waals surface area contributed by atoms with Gasteiger partial charge in [0.05, 0.1) is 0 Å². The lowest BCUT2D eigenvalue weighted by Crippen LogP contribution is -2.68. The summed E-state index contributed by atoms with van der Waals surface area (Å²) in [5.74, 6) is 1.25. The molecular formula is C15H23NO3. The molecule has 0 spiro atoms. The number of hydrogen-bond acceptors (Lipinski definition) is 3. The molecule has 4 rings (SSSR count). The highest BCUT2D eigenvalue weighted by Gasteiger charge is 2.58. The molecule has 19 heavy (non-hydrogen) atoms. The molecule has 0 radical (unpaired) electrons. The maximum Gasteiger partial charge on any atom is 0.411 e. The van der Waals surface area contributed by atoms with Crippen LogP contribution in [0.25, 0.3) is 0 Å². The zero-order valence-electron chi connectivity index (χ0n) is 12.0. The SMILES string of the molecule is CC(C)(C)OC(=O)N1C2CC3CC(C2)CC1(C=O)C3. The van der Waals surface area contributed by atoms with Gasteiger partial charge in [-0.2, -0.15) is 0 Å². The van der Waals surface area contributed by atoms with Crippen molar-refractivity contribution in [2.24, 2.45) is 11.8 Å². The average Bonchev–Trinajstić information content (AvgIpc) is 2.24. The fourth-order valence-corrected chi connectivity index (χ4v) is 4.51. The summed E-state index contributed by atoms with van der Waals surface area (Å²) in [5, 5.41) is 0. The minimum absolute atomic E-state index is 0.214. The monoisotopic (exact) mass is 265 g/mol. The van der Waals surface area contributed by atoms with Crippen molar-refractivity contribution in [1.29, 1.82) is 0 Å². The molecule has 2 aliphatic heterocycles. The Morgan fingerprint density at radius 1 is 1.21 bits per heavy atom. The smallest absolute Gasteiger partial charge is 0.411 e. The van der Waals surface area contributed by atoms with Gasteiger partial charge >= 0.3 is 6.09 Å². The Labute approximate surface area is 114 Å². The van der Waals surface area contributed by atoms with Crippen LogP contribution in [0.1, 0.15) is 52.9 Å². The van der Waals surface area contributed by atoms with Gasteiger partial charge in [-0.3, -0.25) is 4.90 Å². The van der Waals surface area contributed by atoms with Crippen LogP contribution in [-0.2, 0) is 9.53 Å². The molecule has 0 N–H and O–H groups in total. The van der Waals surface area contributed by atoms with Crippen molar-refractivity contribution in [3.63, 3.8) is 0 Å². The maximum absolute atomic E-state index is 12.5. The lowest BCUT2D eigenvalue weighted by atomic mass is 9.58. The van der Waals surface area contributed by atoms with Crippen LogP contribution in [0.5, 0.6) is 0 Å².